The van der Waals surface area contributed by atoms with Crippen molar-refractivity contribution in [1.29, 1.82) is 5.26 Å². The van der Waals surface area contributed by atoms with Crippen molar-refractivity contribution >= 4 is 27.5 Å². The summed E-state index contributed by atoms with van der Waals surface area (Å²) in [5.74, 6) is 1.07. The van der Waals surface area contributed by atoms with Gasteiger partial charge in [0.25, 0.3) is 0 Å². The minimum Gasteiger partial charge on any atom is -0.352 e. The van der Waals surface area contributed by atoms with Gasteiger partial charge >= 0.3 is 0 Å². The number of rotatable bonds is 5. The molecule has 1 aliphatic rings. The molecule has 0 saturated carbocycles. The van der Waals surface area contributed by atoms with Gasteiger partial charge in [-0.1, -0.05) is 12.1 Å². The smallest absolute Gasteiger partial charge is 0.230 e. The first kappa shape index (κ1) is 15.9. The van der Waals surface area contributed by atoms with Gasteiger partial charge in [-0.25, -0.2) is 8.42 Å². The lowest BCUT2D eigenvalue weighted by Gasteiger charge is -2.10. The van der Waals surface area contributed by atoms with Gasteiger partial charge in [-0.15, -0.1) is 11.8 Å². The van der Waals surface area contributed by atoms with Crippen LogP contribution in [-0.4, -0.2) is 37.6 Å². The fourth-order valence-electron chi connectivity index (χ4n) is 2.12. The van der Waals surface area contributed by atoms with Gasteiger partial charge in [0.2, 0.25) is 5.91 Å². The fraction of sp³-hybridized carbons (Fsp3) is 0.429. The average Bonchev–Trinajstić information content (AvgIpc) is 2.78. The molecular formula is C14H16N2O3S2. The van der Waals surface area contributed by atoms with Gasteiger partial charge in [-0.2, -0.15) is 5.26 Å². The van der Waals surface area contributed by atoms with Gasteiger partial charge < -0.3 is 5.32 Å². The first-order chi connectivity index (χ1) is 9.98. The molecule has 1 aromatic carbocycles. The van der Waals surface area contributed by atoms with Crippen molar-refractivity contribution in [3.63, 3.8) is 0 Å². The molecule has 0 aliphatic carbocycles. The molecule has 0 radical (unpaired) electrons. The zero-order chi connectivity index (χ0) is 15.3. The van der Waals surface area contributed by atoms with Crippen molar-refractivity contribution in [2.75, 3.05) is 17.3 Å². The highest BCUT2D eigenvalue weighted by Crippen LogP contribution is 2.14. The number of amides is 1. The van der Waals surface area contributed by atoms with E-state index in [1.807, 2.05) is 12.1 Å². The Balaban J connectivity index is 1.71. The third kappa shape index (κ3) is 5.06. The zero-order valence-electron chi connectivity index (χ0n) is 11.4. The van der Waals surface area contributed by atoms with E-state index in [4.69, 9.17) is 5.26 Å². The number of sulfone groups is 1. The lowest BCUT2D eigenvalue weighted by atomic mass is 10.2. The SMILES string of the molecule is N#Cc1ccc(CSCC(=O)NC2CCS(=O)(=O)C2)cc1. The Morgan fingerprint density at radius 1 is 1.38 bits per heavy atom. The second-order valence-corrected chi connectivity index (χ2v) is 8.18. The minimum atomic E-state index is -2.96. The summed E-state index contributed by atoms with van der Waals surface area (Å²) in [6.45, 7) is 0. The Hall–Kier alpha value is -1.52. The van der Waals surface area contributed by atoms with E-state index in [2.05, 4.69) is 11.4 Å². The molecule has 1 fully saturated rings. The van der Waals surface area contributed by atoms with E-state index in [9.17, 15) is 13.2 Å². The Bertz CT molecular complexity index is 648. The van der Waals surface area contributed by atoms with E-state index in [1.54, 1.807) is 12.1 Å². The summed E-state index contributed by atoms with van der Waals surface area (Å²) in [5, 5.41) is 11.5. The van der Waals surface area contributed by atoms with Crippen molar-refractivity contribution in [2.45, 2.75) is 18.2 Å². The largest absolute Gasteiger partial charge is 0.352 e. The fourth-order valence-corrected chi connectivity index (χ4v) is 4.59. The van der Waals surface area contributed by atoms with Crippen LogP contribution in [0.4, 0.5) is 0 Å². The molecule has 1 aliphatic heterocycles. The van der Waals surface area contributed by atoms with Crippen molar-refractivity contribution in [3.05, 3.63) is 35.4 Å². The lowest BCUT2D eigenvalue weighted by molar-refractivity contribution is -0.119. The summed E-state index contributed by atoms with van der Waals surface area (Å²) >= 11 is 1.47. The van der Waals surface area contributed by atoms with Crippen LogP contribution in [0.25, 0.3) is 0 Å². The number of benzene rings is 1. The second kappa shape index (κ2) is 6.96. The quantitative estimate of drug-likeness (QED) is 0.876. The summed E-state index contributed by atoms with van der Waals surface area (Å²) in [4.78, 5) is 11.7. The Morgan fingerprint density at radius 3 is 2.67 bits per heavy atom. The molecule has 112 valence electrons. The zero-order valence-corrected chi connectivity index (χ0v) is 13.0. The van der Waals surface area contributed by atoms with Crippen LogP contribution in [0.3, 0.4) is 0 Å². The summed E-state index contributed by atoms with van der Waals surface area (Å²) in [7, 11) is -2.96. The van der Waals surface area contributed by atoms with Gasteiger partial charge in [0.15, 0.2) is 9.84 Å². The third-order valence-corrected chi connectivity index (χ3v) is 5.95. The van der Waals surface area contributed by atoms with E-state index < -0.39 is 9.84 Å². The molecule has 21 heavy (non-hydrogen) atoms. The van der Waals surface area contributed by atoms with E-state index in [0.29, 0.717) is 23.5 Å². The number of hydrogen-bond acceptors (Lipinski definition) is 5. The maximum absolute atomic E-state index is 11.7. The van der Waals surface area contributed by atoms with Gasteiger partial charge in [-0.3, -0.25) is 4.79 Å². The van der Waals surface area contributed by atoms with Crippen LogP contribution in [-0.2, 0) is 20.4 Å². The average molecular weight is 324 g/mol. The van der Waals surface area contributed by atoms with Crippen LogP contribution in [0.1, 0.15) is 17.5 Å². The van der Waals surface area contributed by atoms with Crippen LogP contribution in [0.2, 0.25) is 0 Å². The number of carbonyl (C=O) groups excluding carboxylic acids is 1. The standard InChI is InChI=1S/C14H16N2O3S2/c15-7-11-1-3-12(4-2-11)8-20-9-14(17)16-13-5-6-21(18,19)10-13/h1-4,13H,5-6,8-10H2,(H,16,17). The number of thioether (sulfide) groups is 1. The van der Waals surface area contributed by atoms with Crippen molar-refractivity contribution < 1.29 is 13.2 Å². The van der Waals surface area contributed by atoms with Crippen molar-refractivity contribution in [1.82, 2.24) is 5.32 Å². The van der Waals surface area contributed by atoms with Crippen LogP contribution in [0.5, 0.6) is 0 Å². The molecule has 1 heterocycles. The van der Waals surface area contributed by atoms with Crippen LogP contribution < -0.4 is 5.32 Å². The van der Waals surface area contributed by atoms with Gasteiger partial charge in [0, 0.05) is 11.8 Å². The summed E-state index contributed by atoms with van der Waals surface area (Å²) in [6, 6.07) is 9.05. The van der Waals surface area contributed by atoms with Gasteiger partial charge in [-0.05, 0) is 24.1 Å². The highest BCUT2D eigenvalue weighted by Gasteiger charge is 2.28. The highest BCUT2D eigenvalue weighted by molar-refractivity contribution is 7.99. The lowest BCUT2D eigenvalue weighted by Crippen LogP contribution is -2.36. The molecule has 1 unspecified atom stereocenters. The topological polar surface area (TPSA) is 87.0 Å². The molecule has 1 amide bonds. The minimum absolute atomic E-state index is 0.0546. The Morgan fingerprint density at radius 2 is 2.10 bits per heavy atom. The Labute approximate surface area is 128 Å². The molecular weight excluding hydrogens is 308 g/mol. The molecule has 0 aromatic heterocycles. The van der Waals surface area contributed by atoms with Crippen LogP contribution in [0.15, 0.2) is 24.3 Å². The molecule has 1 atom stereocenters. The molecule has 1 N–H and O–H groups in total. The maximum atomic E-state index is 11.7. The predicted molar refractivity (Wildman–Crippen MR) is 82.5 cm³/mol. The number of nitrogens with one attached hydrogen (secondary N) is 1. The third-order valence-electron chi connectivity index (χ3n) is 3.18. The Kier molecular flexibility index (Phi) is 5.26. The second-order valence-electron chi connectivity index (χ2n) is 4.97. The van der Waals surface area contributed by atoms with Crippen molar-refractivity contribution in [2.24, 2.45) is 0 Å². The van der Waals surface area contributed by atoms with Crippen LogP contribution >= 0.6 is 11.8 Å². The summed E-state index contributed by atoms with van der Waals surface area (Å²) in [5.41, 5.74) is 1.67. The summed E-state index contributed by atoms with van der Waals surface area (Å²) < 4.78 is 22.6. The van der Waals surface area contributed by atoms with Crippen molar-refractivity contribution in [3.8, 4) is 6.07 Å². The monoisotopic (exact) mass is 324 g/mol. The molecule has 2 rings (SSSR count). The molecule has 1 aromatic rings. The highest BCUT2D eigenvalue weighted by atomic mass is 32.2. The molecule has 1 saturated heterocycles. The maximum Gasteiger partial charge on any atom is 0.230 e. The predicted octanol–water partition coefficient (Wildman–Crippen LogP) is 1.09. The number of carbonyl (C=O) groups is 1. The molecule has 0 bridgehead atoms. The number of nitriles is 1. The van der Waals surface area contributed by atoms with E-state index in [0.717, 1.165) is 5.56 Å². The normalized spacial score (nSPS) is 19.9. The first-order valence-corrected chi connectivity index (χ1v) is 9.53. The molecule has 7 heteroatoms. The van der Waals surface area contributed by atoms with E-state index in [-0.39, 0.29) is 23.5 Å². The van der Waals surface area contributed by atoms with Gasteiger partial charge in [0.05, 0.1) is 28.9 Å². The molecule has 5 nitrogen and oxygen atoms in total. The van der Waals surface area contributed by atoms with Crippen LogP contribution in [0, 0.1) is 11.3 Å². The van der Waals surface area contributed by atoms with E-state index >= 15 is 0 Å². The molecule has 0 spiro atoms. The van der Waals surface area contributed by atoms with E-state index in [1.165, 1.54) is 11.8 Å². The van der Waals surface area contributed by atoms with Gasteiger partial charge in [0.1, 0.15) is 0 Å². The summed E-state index contributed by atoms with van der Waals surface area (Å²) in [6.07, 6.45) is 0.508. The first-order valence-electron chi connectivity index (χ1n) is 6.55. The number of nitrogens with zero attached hydrogens (tertiary/aromatic N) is 1. The number of hydrogen-bond donors (Lipinski definition) is 1.